The van der Waals surface area contributed by atoms with E-state index < -0.39 is 0 Å². The fourth-order valence-electron chi connectivity index (χ4n) is 2.91. The summed E-state index contributed by atoms with van der Waals surface area (Å²) in [6.45, 7) is 0.212. The molecular weight excluding hydrogens is 365 g/mol. The molecule has 2 aromatic rings. The quantitative estimate of drug-likeness (QED) is 0.812. The van der Waals surface area contributed by atoms with E-state index >= 15 is 0 Å². The molecule has 7 heteroatoms. The Morgan fingerprint density at radius 3 is 2.91 bits per heavy atom. The second-order valence-corrected chi connectivity index (χ2v) is 6.99. The van der Waals surface area contributed by atoms with Crippen LogP contribution in [0.25, 0.3) is 0 Å². The highest BCUT2D eigenvalue weighted by Gasteiger charge is 2.37. The maximum Gasteiger partial charge on any atom is 0.249 e. The van der Waals surface area contributed by atoms with Gasteiger partial charge in [-0.3, -0.25) is 4.79 Å². The number of hydrogen-bond donors (Lipinski definition) is 0. The van der Waals surface area contributed by atoms with Gasteiger partial charge in [0, 0.05) is 28.9 Å². The third-order valence-corrected chi connectivity index (χ3v) is 4.86. The Labute approximate surface area is 141 Å². The van der Waals surface area contributed by atoms with Crippen molar-refractivity contribution in [2.75, 3.05) is 0 Å². The molecule has 2 heterocycles. The Morgan fingerprint density at radius 1 is 1.35 bits per heavy atom. The van der Waals surface area contributed by atoms with Crippen molar-refractivity contribution < 1.29 is 13.7 Å². The molecule has 120 valence electrons. The molecule has 0 spiro atoms. The third kappa shape index (κ3) is 2.89. The van der Waals surface area contributed by atoms with Crippen LogP contribution in [0.5, 0.6) is 0 Å². The lowest BCUT2D eigenvalue weighted by Crippen LogP contribution is -2.27. The molecule has 1 aliphatic carbocycles. The van der Waals surface area contributed by atoms with Crippen molar-refractivity contribution in [3.05, 3.63) is 45.8 Å². The lowest BCUT2D eigenvalue weighted by Gasteiger charge is -2.22. The van der Waals surface area contributed by atoms with Crippen LogP contribution in [0, 0.1) is 5.82 Å². The first-order valence-corrected chi connectivity index (χ1v) is 8.48. The van der Waals surface area contributed by atoms with Gasteiger partial charge in [-0.2, -0.15) is 4.98 Å². The van der Waals surface area contributed by atoms with Gasteiger partial charge >= 0.3 is 0 Å². The molecule has 5 nitrogen and oxygen atoms in total. The summed E-state index contributed by atoms with van der Waals surface area (Å²) >= 11 is 3.24. The van der Waals surface area contributed by atoms with Crippen molar-refractivity contribution in [1.82, 2.24) is 15.0 Å². The molecule has 4 rings (SSSR count). The molecule has 1 aliphatic heterocycles. The van der Waals surface area contributed by atoms with Gasteiger partial charge in [-0.15, -0.1) is 0 Å². The number of amides is 1. The van der Waals surface area contributed by atoms with E-state index in [1.54, 1.807) is 17.0 Å². The normalized spacial score (nSPS) is 21.2. The van der Waals surface area contributed by atoms with Crippen LogP contribution in [0.4, 0.5) is 4.39 Å². The van der Waals surface area contributed by atoms with E-state index in [0.29, 0.717) is 34.7 Å². The first-order valence-electron chi connectivity index (χ1n) is 7.68. The molecule has 1 saturated carbocycles. The van der Waals surface area contributed by atoms with Crippen LogP contribution in [-0.4, -0.2) is 20.9 Å². The van der Waals surface area contributed by atoms with E-state index in [1.165, 1.54) is 6.07 Å². The number of hydrogen-bond acceptors (Lipinski definition) is 4. The largest absolute Gasteiger partial charge is 0.337 e. The number of halogens is 2. The van der Waals surface area contributed by atoms with Crippen molar-refractivity contribution in [2.24, 2.45) is 0 Å². The van der Waals surface area contributed by atoms with E-state index in [9.17, 15) is 9.18 Å². The summed E-state index contributed by atoms with van der Waals surface area (Å²) in [7, 11) is 0. The molecule has 23 heavy (non-hydrogen) atoms. The highest BCUT2D eigenvalue weighted by Crippen LogP contribution is 2.40. The van der Waals surface area contributed by atoms with Gasteiger partial charge in [-0.05, 0) is 31.4 Å². The highest BCUT2D eigenvalue weighted by atomic mass is 79.9. The lowest BCUT2D eigenvalue weighted by molar-refractivity contribution is -0.130. The second-order valence-electron chi connectivity index (χ2n) is 6.08. The number of rotatable bonds is 4. The van der Waals surface area contributed by atoms with E-state index in [0.717, 1.165) is 18.7 Å². The van der Waals surface area contributed by atoms with Gasteiger partial charge < -0.3 is 9.42 Å². The summed E-state index contributed by atoms with van der Waals surface area (Å²) in [5, 5.41) is 4.01. The second kappa shape index (κ2) is 5.70. The van der Waals surface area contributed by atoms with Crippen molar-refractivity contribution in [2.45, 2.75) is 44.2 Å². The van der Waals surface area contributed by atoms with Crippen molar-refractivity contribution >= 4 is 21.8 Å². The maximum atomic E-state index is 14.1. The van der Waals surface area contributed by atoms with Crippen LogP contribution in [0.2, 0.25) is 0 Å². The molecule has 1 amide bonds. The Bertz CT molecular complexity index is 760. The fraction of sp³-hybridized carbons (Fsp3) is 0.438. The van der Waals surface area contributed by atoms with Gasteiger partial charge in [-0.1, -0.05) is 27.2 Å². The van der Waals surface area contributed by atoms with Crippen molar-refractivity contribution in [3.8, 4) is 0 Å². The van der Waals surface area contributed by atoms with E-state index in [4.69, 9.17) is 4.52 Å². The van der Waals surface area contributed by atoms with Crippen LogP contribution < -0.4 is 0 Å². The predicted octanol–water partition coefficient (Wildman–Crippen LogP) is 3.71. The molecular formula is C16H15BrFN3O2. The molecule has 1 atom stereocenters. The molecule has 0 radical (unpaired) electrons. The van der Waals surface area contributed by atoms with Crippen LogP contribution in [0.3, 0.4) is 0 Å². The van der Waals surface area contributed by atoms with Crippen molar-refractivity contribution in [3.63, 3.8) is 0 Å². The Morgan fingerprint density at radius 2 is 2.17 bits per heavy atom. The number of carbonyl (C=O) groups is 1. The topological polar surface area (TPSA) is 59.2 Å². The van der Waals surface area contributed by atoms with Crippen LogP contribution in [0.15, 0.2) is 27.2 Å². The standard InChI is InChI=1S/C16H15BrFN3O2/c17-11-4-3-10(12(18)7-11)8-21-13(5-6-14(21)22)16-19-15(20-23-16)9-1-2-9/h3-4,7,9,13H,1-2,5-6,8H2. The molecule has 1 saturated heterocycles. The number of nitrogens with zero attached hydrogens (tertiary/aromatic N) is 3. The predicted molar refractivity (Wildman–Crippen MR) is 82.9 cm³/mol. The van der Waals surface area contributed by atoms with Crippen LogP contribution in [0.1, 0.15) is 54.9 Å². The zero-order valence-electron chi connectivity index (χ0n) is 12.3. The lowest BCUT2D eigenvalue weighted by atomic mass is 10.1. The SMILES string of the molecule is O=C1CCC(c2nc(C3CC3)no2)N1Cc1ccc(Br)cc1F. The van der Waals surface area contributed by atoms with E-state index in [-0.39, 0.29) is 24.3 Å². The summed E-state index contributed by atoms with van der Waals surface area (Å²) in [4.78, 5) is 18.3. The van der Waals surface area contributed by atoms with E-state index in [1.807, 2.05) is 0 Å². The van der Waals surface area contributed by atoms with Crippen LogP contribution in [-0.2, 0) is 11.3 Å². The average molecular weight is 380 g/mol. The molecule has 0 bridgehead atoms. The van der Waals surface area contributed by atoms with Gasteiger partial charge in [-0.25, -0.2) is 4.39 Å². The molecule has 1 unspecified atom stereocenters. The first kappa shape index (κ1) is 14.8. The Balaban J connectivity index is 1.57. The summed E-state index contributed by atoms with van der Waals surface area (Å²) in [5.74, 6) is 1.26. The number of benzene rings is 1. The molecule has 1 aromatic carbocycles. The summed E-state index contributed by atoms with van der Waals surface area (Å²) in [6.07, 6.45) is 3.24. The summed E-state index contributed by atoms with van der Waals surface area (Å²) < 4.78 is 20.1. The average Bonchev–Trinajstić information content (AvgIpc) is 3.15. The maximum absolute atomic E-state index is 14.1. The van der Waals surface area contributed by atoms with Gasteiger partial charge in [0.2, 0.25) is 11.8 Å². The smallest absolute Gasteiger partial charge is 0.249 e. The van der Waals surface area contributed by atoms with Crippen molar-refractivity contribution in [1.29, 1.82) is 0 Å². The van der Waals surface area contributed by atoms with Gasteiger partial charge in [0.05, 0.1) is 0 Å². The monoisotopic (exact) mass is 379 g/mol. The minimum atomic E-state index is -0.331. The molecule has 0 N–H and O–H groups in total. The number of likely N-dealkylation sites (tertiary alicyclic amines) is 1. The number of carbonyl (C=O) groups excluding carboxylic acids is 1. The van der Waals surface area contributed by atoms with Gasteiger partial charge in [0.25, 0.3) is 0 Å². The minimum Gasteiger partial charge on any atom is -0.337 e. The zero-order chi connectivity index (χ0) is 16.0. The highest BCUT2D eigenvalue weighted by molar-refractivity contribution is 9.10. The zero-order valence-corrected chi connectivity index (χ0v) is 13.9. The Kier molecular flexibility index (Phi) is 3.67. The van der Waals surface area contributed by atoms with E-state index in [2.05, 4.69) is 26.1 Å². The van der Waals surface area contributed by atoms with Gasteiger partial charge in [0.15, 0.2) is 5.82 Å². The molecule has 2 aliphatic rings. The number of aromatic nitrogens is 2. The molecule has 2 fully saturated rings. The third-order valence-electron chi connectivity index (χ3n) is 4.37. The first-order chi connectivity index (χ1) is 11.1. The summed E-state index contributed by atoms with van der Waals surface area (Å²) in [6, 6.07) is 4.60. The summed E-state index contributed by atoms with van der Waals surface area (Å²) in [5.41, 5.74) is 0.482. The minimum absolute atomic E-state index is 0.0107. The van der Waals surface area contributed by atoms with Crippen LogP contribution >= 0.6 is 15.9 Å². The van der Waals surface area contributed by atoms with Gasteiger partial charge in [0.1, 0.15) is 11.9 Å². The Hall–Kier alpha value is -1.76. The molecule has 1 aromatic heterocycles. The fourth-order valence-corrected chi connectivity index (χ4v) is 3.25.